The molecule has 0 bridgehead atoms. The highest BCUT2D eigenvalue weighted by Crippen LogP contribution is 2.29. The second kappa shape index (κ2) is 5.97. The van der Waals surface area contributed by atoms with Gasteiger partial charge in [0.2, 0.25) is 0 Å². The molecule has 2 aromatic rings. The van der Waals surface area contributed by atoms with Crippen molar-refractivity contribution >= 4 is 28.6 Å². The van der Waals surface area contributed by atoms with Crippen LogP contribution in [0.4, 0.5) is 5.82 Å². The lowest BCUT2D eigenvalue weighted by atomic mass is 10.1. The summed E-state index contributed by atoms with van der Waals surface area (Å²) in [5, 5.41) is 5.06. The maximum Gasteiger partial charge on any atom is 0.163 e. The molecular formula is C13H20N6S. The van der Waals surface area contributed by atoms with Crippen molar-refractivity contribution in [2.45, 2.75) is 31.4 Å². The Morgan fingerprint density at radius 2 is 2.20 bits per heavy atom. The summed E-state index contributed by atoms with van der Waals surface area (Å²) < 4.78 is 1.75. The number of aryl methyl sites for hydroxylation is 1. The number of rotatable bonds is 5. The molecule has 6 nitrogen and oxygen atoms in total. The first kappa shape index (κ1) is 13.6. The number of hydrogen-bond donors (Lipinski definition) is 2. The summed E-state index contributed by atoms with van der Waals surface area (Å²) in [6.07, 6.45) is 7.28. The van der Waals surface area contributed by atoms with Crippen LogP contribution in [0.3, 0.4) is 0 Å². The maximum absolute atomic E-state index is 5.54. The van der Waals surface area contributed by atoms with Crippen LogP contribution in [-0.2, 0) is 12.8 Å². The number of aromatic nitrogens is 4. The Morgan fingerprint density at radius 1 is 1.40 bits per heavy atom. The molecule has 0 aliphatic heterocycles. The highest BCUT2D eigenvalue weighted by molar-refractivity contribution is 7.98. The van der Waals surface area contributed by atoms with E-state index in [1.807, 2.05) is 18.8 Å². The minimum atomic E-state index is 0.652. The zero-order chi connectivity index (χ0) is 13.9. The minimum absolute atomic E-state index is 0.652. The van der Waals surface area contributed by atoms with Crippen LogP contribution < -0.4 is 11.3 Å². The number of fused-ring (bicyclic) bond motifs is 1. The van der Waals surface area contributed by atoms with Crippen LogP contribution in [0.1, 0.15) is 31.5 Å². The van der Waals surface area contributed by atoms with Crippen molar-refractivity contribution in [3.8, 4) is 0 Å². The SMILES string of the molecule is Cn1ncc2c(NN)nc(CSCC3CCCC3)nc21. The standard InChI is InChI=1S/C13H20N6S/c1-19-13-10(6-15-19)12(18-14)16-11(17-13)8-20-7-9-4-2-3-5-9/h6,9H,2-5,7-8,14H2,1H3,(H,16,17,18). The number of nitrogens with one attached hydrogen (secondary N) is 1. The van der Waals surface area contributed by atoms with Gasteiger partial charge >= 0.3 is 0 Å². The molecule has 3 N–H and O–H groups in total. The molecule has 1 saturated carbocycles. The summed E-state index contributed by atoms with van der Waals surface area (Å²) in [5.41, 5.74) is 3.47. The van der Waals surface area contributed by atoms with E-state index in [9.17, 15) is 0 Å². The van der Waals surface area contributed by atoms with Crippen molar-refractivity contribution < 1.29 is 0 Å². The van der Waals surface area contributed by atoms with Crippen LogP contribution >= 0.6 is 11.8 Å². The molecule has 3 rings (SSSR count). The first-order valence-corrected chi connectivity index (χ1v) is 8.16. The van der Waals surface area contributed by atoms with E-state index in [1.54, 1.807) is 10.9 Å². The van der Waals surface area contributed by atoms with Crippen LogP contribution in [0.2, 0.25) is 0 Å². The van der Waals surface area contributed by atoms with Crippen molar-refractivity contribution in [2.75, 3.05) is 11.2 Å². The highest BCUT2D eigenvalue weighted by Gasteiger charge is 2.15. The number of nitrogens with zero attached hydrogens (tertiary/aromatic N) is 4. The van der Waals surface area contributed by atoms with Gasteiger partial charge in [0, 0.05) is 7.05 Å². The van der Waals surface area contributed by atoms with Gasteiger partial charge in [0.1, 0.15) is 5.82 Å². The molecule has 1 aliphatic carbocycles. The van der Waals surface area contributed by atoms with Crippen LogP contribution in [-0.4, -0.2) is 25.5 Å². The Morgan fingerprint density at radius 3 is 2.95 bits per heavy atom. The fourth-order valence-electron chi connectivity index (χ4n) is 2.74. The number of hydrogen-bond acceptors (Lipinski definition) is 6. The molecule has 0 amide bonds. The van der Waals surface area contributed by atoms with Gasteiger partial charge < -0.3 is 5.43 Å². The molecule has 1 fully saturated rings. The Bertz CT molecular complexity index is 590. The Balaban J connectivity index is 1.72. The second-order valence-corrected chi connectivity index (χ2v) is 6.33. The quantitative estimate of drug-likeness (QED) is 0.648. The summed E-state index contributed by atoms with van der Waals surface area (Å²) in [6, 6.07) is 0. The number of thioether (sulfide) groups is 1. The monoisotopic (exact) mass is 292 g/mol. The largest absolute Gasteiger partial charge is 0.308 e. The maximum atomic E-state index is 5.54. The number of anilines is 1. The van der Waals surface area contributed by atoms with Gasteiger partial charge in [0.15, 0.2) is 11.5 Å². The summed E-state index contributed by atoms with van der Waals surface area (Å²) in [4.78, 5) is 9.06. The molecule has 2 aromatic heterocycles. The Hall–Kier alpha value is -1.34. The molecule has 0 unspecified atom stereocenters. The molecule has 2 heterocycles. The van der Waals surface area contributed by atoms with E-state index in [0.29, 0.717) is 5.82 Å². The average molecular weight is 292 g/mol. The fraction of sp³-hybridized carbons (Fsp3) is 0.615. The average Bonchev–Trinajstić information content (AvgIpc) is 3.09. The summed E-state index contributed by atoms with van der Waals surface area (Å²) in [5.74, 6) is 9.92. The zero-order valence-corrected chi connectivity index (χ0v) is 12.5. The van der Waals surface area contributed by atoms with E-state index < -0.39 is 0 Å². The Labute approximate surface area is 122 Å². The third-order valence-electron chi connectivity index (χ3n) is 3.83. The van der Waals surface area contributed by atoms with E-state index >= 15 is 0 Å². The summed E-state index contributed by atoms with van der Waals surface area (Å²) in [7, 11) is 1.88. The first-order valence-electron chi connectivity index (χ1n) is 7.01. The Kier molecular flexibility index (Phi) is 4.07. The predicted molar refractivity (Wildman–Crippen MR) is 82.2 cm³/mol. The molecule has 108 valence electrons. The predicted octanol–water partition coefficient (Wildman–Crippen LogP) is 2.07. The topological polar surface area (TPSA) is 81.7 Å². The lowest BCUT2D eigenvalue weighted by molar-refractivity contribution is 0.623. The van der Waals surface area contributed by atoms with Gasteiger partial charge in [0.25, 0.3) is 0 Å². The molecule has 0 saturated heterocycles. The van der Waals surface area contributed by atoms with Gasteiger partial charge in [0.05, 0.1) is 17.3 Å². The smallest absolute Gasteiger partial charge is 0.163 e. The van der Waals surface area contributed by atoms with Gasteiger partial charge in [-0.1, -0.05) is 12.8 Å². The van der Waals surface area contributed by atoms with Gasteiger partial charge in [-0.2, -0.15) is 16.9 Å². The normalized spacial score (nSPS) is 16.1. The second-order valence-electron chi connectivity index (χ2n) is 5.30. The molecule has 0 radical (unpaired) electrons. The van der Waals surface area contributed by atoms with Crippen molar-refractivity contribution in [3.05, 3.63) is 12.0 Å². The third-order valence-corrected chi connectivity index (χ3v) is 5.00. The van der Waals surface area contributed by atoms with Crippen molar-refractivity contribution in [2.24, 2.45) is 18.8 Å². The van der Waals surface area contributed by atoms with E-state index in [-0.39, 0.29) is 0 Å². The van der Waals surface area contributed by atoms with Gasteiger partial charge in [-0.05, 0) is 24.5 Å². The van der Waals surface area contributed by atoms with Crippen LogP contribution in [0.5, 0.6) is 0 Å². The molecule has 0 aromatic carbocycles. The molecule has 20 heavy (non-hydrogen) atoms. The van der Waals surface area contributed by atoms with Crippen LogP contribution in [0, 0.1) is 5.92 Å². The van der Waals surface area contributed by atoms with Gasteiger partial charge in [-0.15, -0.1) is 0 Å². The molecule has 7 heteroatoms. The lowest BCUT2D eigenvalue weighted by Gasteiger charge is -2.08. The minimum Gasteiger partial charge on any atom is -0.308 e. The van der Waals surface area contributed by atoms with Gasteiger partial charge in [-0.25, -0.2) is 15.8 Å². The van der Waals surface area contributed by atoms with Crippen molar-refractivity contribution in [1.29, 1.82) is 0 Å². The molecule has 0 spiro atoms. The van der Waals surface area contributed by atoms with E-state index in [0.717, 1.165) is 28.5 Å². The van der Waals surface area contributed by atoms with Crippen molar-refractivity contribution in [1.82, 2.24) is 19.7 Å². The number of hydrazine groups is 1. The van der Waals surface area contributed by atoms with Crippen LogP contribution in [0.25, 0.3) is 11.0 Å². The summed E-state index contributed by atoms with van der Waals surface area (Å²) in [6.45, 7) is 0. The molecular weight excluding hydrogens is 272 g/mol. The molecule has 1 aliphatic rings. The first-order chi connectivity index (χ1) is 9.78. The van der Waals surface area contributed by atoms with Gasteiger partial charge in [-0.3, -0.25) is 4.68 Å². The lowest BCUT2D eigenvalue weighted by Crippen LogP contribution is -2.11. The molecule has 0 atom stereocenters. The number of nitrogen functional groups attached to an aromatic ring is 1. The fourth-order valence-corrected chi connectivity index (χ4v) is 3.83. The van der Waals surface area contributed by atoms with E-state index in [4.69, 9.17) is 5.84 Å². The third kappa shape index (κ3) is 2.73. The van der Waals surface area contributed by atoms with Crippen molar-refractivity contribution in [3.63, 3.8) is 0 Å². The zero-order valence-electron chi connectivity index (χ0n) is 11.7. The van der Waals surface area contributed by atoms with E-state index in [2.05, 4.69) is 20.5 Å². The number of nitrogens with two attached hydrogens (primary N) is 1. The van der Waals surface area contributed by atoms with E-state index in [1.165, 1.54) is 31.4 Å². The van der Waals surface area contributed by atoms with Crippen LogP contribution in [0.15, 0.2) is 6.20 Å². The summed E-state index contributed by atoms with van der Waals surface area (Å²) >= 11 is 1.92. The highest BCUT2D eigenvalue weighted by atomic mass is 32.2.